The van der Waals surface area contributed by atoms with Gasteiger partial charge in [0.2, 0.25) is 5.91 Å². The lowest BCUT2D eigenvalue weighted by atomic mass is 10.1. The highest BCUT2D eigenvalue weighted by Crippen LogP contribution is 2.06. The van der Waals surface area contributed by atoms with E-state index in [9.17, 15) is 4.79 Å². The summed E-state index contributed by atoms with van der Waals surface area (Å²) in [4.78, 5) is 11.3. The van der Waals surface area contributed by atoms with Crippen LogP contribution in [0.25, 0.3) is 0 Å². The molecule has 0 spiro atoms. The molecule has 2 N–H and O–H groups in total. The van der Waals surface area contributed by atoms with Gasteiger partial charge in [-0.1, -0.05) is 13.8 Å². The molecule has 1 rings (SSSR count). The van der Waals surface area contributed by atoms with Gasteiger partial charge in [0.15, 0.2) is 0 Å². The summed E-state index contributed by atoms with van der Waals surface area (Å²) in [5, 5.41) is 6.10. The van der Waals surface area contributed by atoms with E-state index in [2.05, 4.69) is 24.5 Å². The molecule has 4 heteroatoms. The summed E-state index contributed by atoms with van der Waals surface area (Å²) in [5.41, 5.74) is 0. The predicted molar refractivity (Wildman–Crippen MR) is 59.7 cm³/mol. The smallest absolute Gasteiger partial charge is 0.246 e. The van der Waals surface area contributed by atoms with Gasteiger partial charge in [0.1, 0.15) is 6.61 Å². The van der Waals surface area contributed by atoms with Gasteiger partial charge in [-0.25, -0.2) is 0 Å². The average molecular weight is 214 g/mol. The normalized spacial score (nSPS) is 18.1. The monoisotopic (exact) mass is 214 g/mol. The molecule has 4 nitrogen and oxygen atoms in total. The van der Waals surface area contributed by atoms with Crippen LogP contribution in [0, 0.1) is 5.92 Å². The van der Waals surface area contributed by atoms with Crippen LogP contribution in [0.15, 0.2) is 0 Å². The molecule has 1 heterocycles. The number of ether oxygens (including phenoxy) is 1. The highest BCUT2D eigenvalue weighted by Gasteiger charge is 2.14. The molecule has 0 saturated carbocycles. The maximum atomic E-state index is 11.3. The first-order valence-electron chi connectivity index (χ1n) is 5.77. The van der Waals surface area contributed by atoms with Crippen LogP contribution >= 0.6 is 0 Å². The Labute approximate surface area is 91.8 Å². The van der Waals surface area contributed by atoms with Crippen molar-refractivity contribution in [2.45, 2.75) is 32.8 Å². The minimum atomic E-state index is 0.00207. The predicted octanol–water partition coefficient (Wildman–Crippen LogP) is 0.527. The zero-order chi connectivity index (χ0) is 11.1. The Morgan fingerprint density at radius 1 is 1.47 bits per heavy atom. The standard InChI is InChI=1S/C11H22N2O2/c1-9(2)7-13-11(14)8-15-10-3-5-12-6-4-10/h9-10,12H,3-8H2,1-2H3,(H,13,14). The van der Waals surface area contributed by atoms with Crippen molar-refractivity contribution in [2.24, 2.45) is 5.92 Å². The highest BCUT2D eigenvalue weighted by atomic mass is 16.5. The lowest BCUT2D eigenvalue weighted by Crippen LogP contribution is -2.36. The van der Waals surface area contributed by atoms with E-state index in [1.165, 1.54) is 0 Å². The van der Waals surface area contributed by atoms with Crippen molar-refractivity contribution in [3.8, 4) is 0 Å². The Balaban J connectivity index is 2.05. The Morgan fingerprint density at radius 3 is 2.73 bits per heavy atom. The first kappa shape index (κ1) is 12.5. The zero-order valence-corrected chi connectivity index (χ0v) is 9.71. The van der Waals surface area contributed by atoms with Crippen LogP contribution in [-0.2, 0) is 9.53 Å². The van der Waals surface area contributed by atoms with E-state index in [4.69, 9.17) is 4.74 Å². The topological polar surface area (TPSA) is 50.4 Å². The van der Waals surface area contributed by atoms with Crippen LogP contribution in [0.3, 0.4) is 0 Å². The summed E-state index contributed by atoms with van der Waals surface area (Å²) in [6, 6.07) is 0. The molecule has 0 aromatic carbocycles. The summed E-state index contributed by atoms with van der Waals surface area (Å²) < 4.78 is 5.52. The fourth-order valence-electron chi connectivity index (χ4n) is 1.52. The third-order valence-corrected chi connectivity index (χ3v) is 2.44. The first-order valence-corrected chi connectivity index (χ1v) is 5.77. The van der Waals surface area contributed by atoms with Gasteiger partial charge < -0.3 is 15.4 Å². The van der Waals surface area contributed by atoms with Crippen LogP contribution in [-0.4, -0.2) is 38.3 Å². The summed E-state index contributed by atoms with van der Waals surface area (Å²) in [5.74, 6) is 0.495. The summed E-state index contributed by atoms with van der Waals surface area (Å²) in [6.07, 6.45) is 2.28. The molecule has 0 aromatic heterocycles. The molecule has 1 aliphatic heterocycles. The lowest BCUT2D eigenvalue weighted by molar-refractivity contribution is -0.128. The molecule has 0 aromatic rings. The van der Waals surface area contributed by atoms with Gasteiger partial charge >= 0.3 is 0 Å². The summed E-state index contributed by atoms with van der Waals surface area (Å²) >= 11 is 0. The van der Waals surface area contributed by atoms with Crippen molar-refractivity contribution in [2.75, 3.05) is 26.2 Å². The fourth-order valence-corrected chi connectivity index (χ4v) is 1.52. The van der Waals surface area contributed by atoms with E-state index < -0.39 is 0 Å². The number of carbonyl (C=O) groups excluding carboxylic acids is 1. The maximum Gasteiger partial charge on any atom is 0.246 e. The average Bonchev–Trinajstić information content (AvgIpc) is 2.25. The van der Waals surface area contributed by atoms with Crippen molar-refractivity contribution in [3.05, 3.63) is 0 Å². The number of carbonyl (C=O) groups is 1. The van der Waals surface area contributed by atoms with E-state index in [0.717, 1.165) is 32.5 Å². The summed E-state index contributed by atoms with van der Waals surface area (Å²) in [6.45, 7) is 7.09. The van der Waals surface area contributed by atoms with E-state index >= 15 is 0 Å². The minimum absolute atomic E-state index is 0.00207. The molecule has 0 aliphatic carbocycles. The third-order valence-electron chi connectivity index (χ3n) is 2.44. The molecule has 0 atom stereocenters. The number of rotatable bonds is 5. The third kappa shape index (κ3) is 5.74. The van der Waals surface area contributed by atoms with Crippen molar-refractivity contribution in [1.29, 1.82) is 0 Å². The first-order chi connectivity index (χ1) is 7.18. The van der Waals surface area contributed by atoms with Gasteiger partial charge in [-0.15, -0.1) is 0 Å². The van der Waals surface area contributed by atoms with Gasteiger partial charge in [0.05, 0.1) is 6.10 Å². The SMILES string of the molecule is CC(C)CNC(=O)COC1CCNCC1. The molecule has 0 bridgehead atoms. The van der Waals surface area contributed by atoms with Gasteiger partial charge in [-0.3, -0.25) is 4.79 Å². The molecule has 1 aliphatic rings. The van der Waals surface area contributed by atoms with Crippen LogP contribution in [0.4, 0.5) is 0 Å². The van der Waals surface area contributed by atoms with Gasteiger partial charge in [-0.2, -0.15) is 0 Å². The van der Waals surface area contributed by atoms with Crippen LogP contribution in [0.5, 0.6) is 0 Å². The number of hydrogen-bond donors (Lipinski definition) is 2. The van der Waals surface area contributed by atoms with Crippen molar-refractivity contribution in [1.82, 2.24) is 10.6 Å². The second-order valence-corrected chi connectivity index (χ2v) is 4.46. The largest absolute Gasteiger partial charge is 0.368 e. The zero-order valence-electron chi connectivity index (χ0n) is 9.71. The van der Waals surface area contributed by atoms with E-state index in [-0.39, 0.29) is 18.6 Å². The quantitative estimate of drug-likeness (QED) is 0.702. The second kappa shape index (κ2) is 6.80. The second-order valence-electron chi connectivity index (χ2n) is 4.46. The molecule has 1 fully saturated rings. The molecule has 1 saturated heterocycles. The minimum Gasteiger partial charge on any atom is -0.368 e. The molecule has 0 radical (unpaired) electrons. The molecule has 88 valence electrons. The number of nitrogens with one attached hydrogen (secondary N) is 2. The number of hydrogen-bond acceptors (Lipinski definition) is 3. The molecular formula is C11H22N2O2. The van der Waals surface area contributed by atoms with Crippen LogP contribution in [0.1, 0.15) is 26.7 Å². The van der Waals surface area contributed by atoms with Crippen LogP contribution < -0.4 is 10.6 Å². The van der Waals surface area contributed by atoms with Gasteiger partial charge in [0.25, 0.3) is 0 Å². The Morgan fingerprint density at radius 2 is 2.13 bits per heavy atom. The molecule has 1 amide bonds. The van der Waals surface area contributed by atoms with E-state index in [1.807, 2.05) is 0 Å². The van der Waals surface area contributed by atoms with E-state index in [1.54, 1.807) is 0 Å². The summed E-state index contributed by atoms with van der Waals surface area (Å²) in [7, 11) is 0. The maximum absolute atomic E-state index is 11.3. The van der Waals surface area contributed by atoms with Crippen molar-refractivity contribution >= 4 is 5.91 Å². The molecule has 15 heavy (non-hydrogen) atoms. The Bertz CT molecular complexity index is 189. The highest BCUT2D eigenvalue weighted by molar-refractivity contribution is 5.77. The van der Waals surface area contributed by atoms with Gasteiger partial charge in [0, 0.05) is 6.54 Å². The van der Waals surface area contributed by atoms with Crippen molar-refractivity contribution in [3.63, 3.8) is 0 Å². The van der Waals surface area contributed by atoms with Gasteiger partial charge in [-0.05, 0) is 31.8 Å². The number of piperidine rings is 1. The molecular weight excluding hydrogens is 192 g/mol. The van der Waals surface area contributed by atoms with Crippen LogP contribution in [0.2, 0.25) is 0 Å². The Hall–Kier alpha value is -0.610. The molecule has 0 unspecified atom stereocenters. The Kier molecular flexibility index (Phi) is 5.65. The fraction of sp³-hybridized carbons (Fsp3) is 0.909. The van der Waals surface area contributed by atoms with E-state index in [0.29, 0.717) is 5.92 Å². The van der Waals surface area contributed by atoms with Crippen molar-refractivity contribution < 1.29 is 9.53 Å². The lowest BCUT2D eigenvalue weighted by Gasteiger charge is -2.22. The number of amides is 1.